The lowest BCUT2D eigenvalue weighted by Crippen LogP contribution is -2.04. The Balaban J connectivity index is 1.81. The fourth-order valence-corrected chi connectivity index (χ4v) is 2.79. The summed E-state index contributed by atoms with van der Waals surface area (Å²) in [6.07, 6.45) is 3.54. The predicted molar refractivity (Wildman–Crippen MR) is 103 cm³/mol. The average molecular weight is 362 g/mol. The van der Waals surface area contributed by atoms with Crippen molar-refractivity contribution in [1.29, 1.82) is 0 Å². The van der Waals surface area contributed by atoms with Gasteiger partial charge >= 0.3 is 0 Å². The first-order valence-electron chi connectivity index (χ1n) is 8.24. The number of imidazole rings is 1. The number of rotatable bonds is 5. The summed E-state index contributed by atoms with van der Waals surface area (Å²) < 4.78 is 12.5. The van der Waals surface area contributed by atoms with Crippen molar-refractivity contribution in [3.8, 4) is 22.8 Å². The van der Waals surface area contributed by atoms with Crippen molar-refractivity contribution in [2.75, 3.05) is 25.3 Å². The number of methoxy groups -OCH3 is 2. The van der Waals surface area contributed by atoms with Crippen molar-refractivity contribution in [2.45, 2.75) is 0 Å². The molecule has 3 aromatic heterocycles. The summed E-state index contributed by atoms with van der Waals surface area (Å²) in [6.45, 7) is 0. The molecule has 8 nitrogen and oxygen atoms in total. The number of anilines is 3. The van der Waals surface area contributed by atoms with Gasteiger partial charge in [0.05, 0.1) is 19.9 Å². The number of nitrogens with zero attached hydrogens (tertiary/aromatic N) is 4. The molecular weight excluding hydrogens is 344 g/mol. The standard InChI is InChI=1S/C19H18N6O2/c1-26-14-7-6-12(10-15(14)27-2)13-11-18-21-8-9-25(18)19(22-13)24-17-5-3-4-16(20)23-17/h3-11H,1-2H3,(H3,20,22,23,24). The van der Waals surface area contributed by atoms with Crippen LogP contribution in [-0.2, 0) is 0 Å². The molecule has 0 atom stereocenters. The zero-order valence-corrected chi connectivity index (χ0v) is 14.9. The van der Waals surface area contributed by atoms with Gasteiger partial charge in [0.1, 0.15) is 17.3 Å². The van der Waals surface area contributed by atoms with Crippen molar-refractivity contribution >= 4 is 23.2 Å². The molecule has 4 rings (SSSR count). The van der Waals surface area contributed by atoms with Gasteiger partial charge in [-0.1, -0.05) is 6.07 Å². The molecule has 0 saturated heterocycles. The van der Waals surface area contributed by atoms with Gasteiger partial charge in [0.15, 0.2) is 11.5 Å². The van der Waals surface area contributed by atoms with E-state index < -0.39 is 0 Å². The van der Waals surface area contributed by atoms with E-state index in [0.717, 1.165) is 16.9 Å². The lowest BCUT2D eigenvalue weighted by atomic mass is 10.1. The van der Waals surface area contributed by atoms with Crippen LogP contribution >= 0.6 is 0 Å². The minimum absolute atomic E-state index is 0.429. The molecule has 0 aliphatic heterocycles. The quantitative estimate of drug-likeness (QED) is 0.562. The van der Waals surface area contributed by atoms with Crippen molar-refractivity contribution in [3.63, 3.8) is 0 Å². The third-order valence-electron chi connectivity index (χ3n) is 4.08. The van der Waals surface area contributed by atoms with Crippen LogP contribution < -0.4 is 20.5 Å². The molecule has 1 aromatic carbocycles. The molecule has 4 aromatic rings. The van der Waals surface area contributed by atoms with Gasteiger partial charge in [0.25, 0.3) is 0 Å². The summed E-state index contributed by atoms with van der Waals surface area (Å²) in [4.78, 5) is 13.4. The molecule has 8 heteroatoms. The third-order valence-corrected chi connectivity index (χ3v) is 4.08. The SMILES string of the molecule is COc1ccc(-c2cc3nccn3c(Nc3cccc(N)n3)n2)cc1OC. The Labute approximate surface area is 155 Å². The molecule has 27 heavy (non-hydrogen) atoms. The van der Waals surface area contributed by atoms with Crippen molar-refractivity contribution < 1.29 is 9.47 Å². The number of hydrogen-bond acceptors (Lipinski definition) is 7. The number of pyridine rings is 1. The van der Waals surface area contributed by atoms with E-state index in [-0.39, 0.29) is 0 Å². The highest BCUT2D eigenvalue weighted by Crippen LogP contribution is 2.32. The molecule has 0 spiro atoms. The zero-order chi connectivity index (χ0) is 18.8. The summed E-state index contributed by atoms with van der Waals surface area (Å²) in [6, 6.07) is 12.9. The number of ether oxygens (including phenoxy) is 2. The number of nitrogens with one attached hydrogen (secondary N) is 1. The molecule has 0 saturated carbocycles. The molecule has 0 bridgehead atoms. The second-order valence-corrected chi connectivity index (χ2v) is 5.76. The van der Waals surface area contributed by atoms with E-state index in [1.54, 1.807) is 26.5 Å². The molecule has 3 N–H and O–H groups in total. The summed E-state index contributed by atoms with van der Waals surface area (Å²) in [5.74, 6) is 2.89. The first kappa shape index (κ1) is 16.6. The minimum atomic E-state index is 0.429. The Morgan fingerprint density at radius 2 is 1.85 bits per heavy atom. The summed E-state index contributed by atoms with van der Waals surface area (Å²) in [7, 11) is 3.21. The maximum Gasteiger partial charge on any atom is 0.214 e. The first-order valence-corrected chi connectivity index (χ1v) is 8.24. The molecule has 0 aliphatic carbocycles. The predicted octanol–water partition coefficient (Wildman–Crippen LogP) is 3.13. The Hall–Kier alpha value is -3.81. The van der Waals surface area contributed by atoms with Crippen LogP contribution in [0.15, 0.2) is 54.9 Å². The molecule has 0 radical (unpaired) electrons. The van der Waals surface area contributed by atoms with E-state index >= 15 is 0 Å². The molecule has 136 valence electrons. The molecule has 3 heterocycles. The molecule has 0 amide bonds. The largest absolute Gasteiger partial charge is 0.493 e. The normalized spacial score (nSPS) is 10.7. The van der Waals surface area contributed by atoms with Crippen LogP contribution in [0.4, 0.5) is 17.6 Å². The molecular formula is C19H18N6O2. The summed E-state index contributed by atoms with van der Waals surface area (Å²) >= 11 is 0. The molecule has 0 unspecified atom stereocenters. The van der Waals surface area contributed by atoms with Gasteiger partial charge in [0, 0.05) is 24.0 Å². The monoisotopic (exact) mass is 362 g/mol. The van der Waals surface area contributed by atoms with Gasteiger partial charge in [0.2, 0.25) is 5.95 Å². The topological polar surface area (TPSA) is 99.6 Å². The van der Waals surface area contributed by atoms with Gasteiger partial charge < -0.3 is 20.5 Å². The second-order valence-electron chi connectivity index (χ2n) is 5.76. The summed E-state index contributed by atoms with van der Waals surface area (Å²) in [5, 5.41) is 3.20. The fourth-order valence-electron chi connectivity index (χ4n) is 2.79. The van der Waals surface area contributed by atoms with Crippen molar-refractivity contribution in [2.24, 2.45) is 0 Å². The molecule has 0 fully saturated rings. The number of hydrogen-bond donors (Lipinski definition) is 2. The van der Waals surface area contributed by atoms with E-state index in [9.17, 15) is 0 Å². The van der Waals surface area contributed by atoms with Crippen LogP contribution in [0, 0.1) is 0 Å². The third kappa shape index (κ3) is 3.20. The maximum atomic E-state index is 5.77. The van der Waals surface area contributed by atoms with Crippen molar-refractivity contribution in [3.05, 3.63) is 54.9 Å². The van der Waals surface area contributed by atoms with Gasteiger partial charge in [-0.05, 0) is 30.3 Å². The highest BCUT2D eigenvalue weighted by molar-refractivity contribution is 5.70. The van der Waals surface area contributed by atoms with Gasteiger partial charge in [-0.3, -0.25) is 4.40 Å². The lowest BCUT2D eigenvalue weighted by Gasteiger charge is -2.12. The van der Waals surface area contributed by atoms with Crippen LogP contribution in [0.3, 0.4) is 0 Å². The zero-order valence-electron chi connectivity index (χ0n) is 14.9. The number of nitrogens with two attached hydrogens (primary N) is 1. The van der Waals surface area contributed by atoms with E-state index in [0.29, 0.717) is 29.1 Å². The second kappa shape index (κ2) is 6.83. The average Bonchev–Trinajstić information content (AvgIpc) is 3.16. The summed E-state index contributed by atoms with van der Waals surface area (Å²) in [5.41, 5.74) is 8.13. The first-order chi connectivity index (χ1) is 13.2. The Morgan fingerprint density at radius 3 is 2.63 bits per heavy atom. The lowest BCUT2D eigenvalue weighted by molar-refractivity contribution is 0.355. The molecule has 0 aliphatic rings. The van der Waals surface area contributed by atoms with Gasteiger partial charge in [-0.25, -0.2) is 15.0 Å². The fraction of sp³-hybridized carbons (Fsp3) is 0.105. The van der Waals surface area contributed by atoms with Crippen LogP contribution in [0.25, 0.3) is 16.9 Å². The van der Waals surface area contributed by atoms with Crippen molar-refractivity contribution in [1.82, 2.24) is 19.4 Å². The van der Waals surface area contributed by atoms with Crippen LogP contribution in [0.2, 0.25) is 0 Å². The van der Waals surface area contributed by atoms with Gasteiger partial charge in [-0.15, -0.1) is 0 Å². The Bertz CT molecular complexity index is 1110. The van der Waals surface area contributed by atoms with E-state index in [1.165, 1.54) is 0 Å². The number of benzene rings is 1. The van der Waals surface area contributed by atoms with Gasteiger partial charge in [-0.2, -0.15) is 0 Å². The smallest absolute Gasteiger partial charge is 0.214 e. The minimum Gasteiger partial charge on any atom is -0.493 e. The van der Waals surface area contributed by atoms with Crippen LogP contribution in [-0.4, -0.2) is 33.6 Å². The maximum absolute atomic E-state index is 5.77. The number of aromatic nitrogens is 4. The Morgan fingerprint density at radius 1 is 1.00 bits per heavy atom. The van der Waals surface area contributed by atoms with E-state index in [4.69, 9.17) is 20.2 Å². The Kier molecular flexibility index (Phi) is 4.21. The highest BCUT2D eigenvalue weighted by Gasteiger charge is 2.12. The number of fused-ring (bicyclic) bond motifs is 1. The highest BCUT2D eigenvalue weighted by atomic mass is 16.5. The number of nitrogen functional groups attached to an aromatic ring is 1. The van der Waals surface area contributed by atoms with E-state index in [1.807, 2.05) is 47.0 Å². The van der Waals surface area contributed by atoms with Crippen LogP contribution in [0.5, 0.6) is 11.5 Å². The van der Waals surface area contributed by atoms with Crippen LogP contribution in [0.1, 0.15) is 0 Å². The van der Waals surface area contributed by atoms with E-state index in [2.05, 4.69) is 15.3 Å².